The van der Waals surface area contributed by atoms with Crippen molar-refractivity contribution in [2.24, 2.45) is 0 Å². The van der Waals surface area contributed by atoms with Crippen molar-refractivity contribution in [1.82, 2.24) is 0 Å². The molecular weight excluding hydrogens is 396 g/mol. The lowest BCUT2D eigenvalue weighted by atomic mass is 9.94. The minimum atomic E-state index is -0.0519. The van der Waals surface area contributed by atoms with Crippen LogP contribution in [0.3, 0.4) is 0 Å². The number of rotatable bonds is 7. The van der Waals surface area contributed by atoms with Gasteiger partial charge in [-0.3, -0.25) is 4.79 Å². The van der Waals surface area contributed by atoms with Crippen molar-refractivity contribution in [2.75, 3.05) is 10.6 Å². The summed E-state index contributed by atoms with van der Waals surface area (Å²) in [5.41, 5.74) is 7.44. The number of aryl methyl sites for hydroxylation is 2. The molecule has 0 unspecified atom stereocenters. The number of unbranched alkanes of at least 4 members (excludes halogenated alkanes) is 1. The van der Waals surface area contributed by atoms with Crippen LogP contribution in [0.2, 0.25) is 0 Å². The first-order chi connectivity index (χ1) is 15.7. The van der Waals surface area contributed by atoms with E-state index in [0.29, 0.717) is 12.1 Å². The molecule has 2 aromatic carbocycles. The van der Waals surface area contributed by atoms with Crippen molar-refractivity contribution in [3.05, 3.63) is 82.3 Å². The fourth-order valence-electron chi connectivity index (χ4n) is 4.76. The highest BCUT2D eigenvalue weighted by atomic mass is 16.3. The Labute approximate surface area is 189 Å². The van der Waals surface area contributed by atoms with Crippen LogP contribution in [0.25, 0.3) is 11.6 Å². The number of amides is 1. The van der Waals surface area contributed by atoms with Crippen LogP contribution >= 0.6 is 0 Å². The summed E-state index contributed by atoms with van der Waals surface area (Å²) in [4.78, 5) is 12.9. The van der Waals surface area contributed by atoms with Crippen molar-refractivity contribution in [3.63, 3.8) is 0 Å². The Kier molecular flexibility index (Phi) is 5.85. The highest BCUT2D eigenvalue weighted by molar-refractivity contribution is 6.34. The monoisotopic (exact) mass is 426 g/mol. The zero-order valence-corrected chi connectivity index (χ0v) is 18.7. The molecule has 2 heterocycles. The number of hydrogen-bond donors (Lipinski definition) is 2. The Morgan fingerprint density at radius 1 is 1.09 bits per heavy atom. The van der Waals surface area contributed by atoms with E-state index in [2.05, 4.69) is 41.8 Å². The summed E-state index contributed by atoms with van der Waals surface area (Å²) >= 11 is 0. The first kappa shape index (κ1) is 20.6. The minimum absolute atomic E-state index is 0.0519. The van der Waals surface area contributed by atoms with Gasteiger partial charge in [-0.2, -0.15) is 0 Å². The number of fused-ring (bicyclic) bond motifs is 2. The lowest BCUT2D eigenvalue weighted by Gasteiger charge is -2.12. The van der Waals surface area contributed by atoms with Gasteiger partial charge in [0.2, 0.25) is 0 Å². The molecule has 1 amide bonds. The maximum atomic E-state index is 12.9. The molecule has 5 rings (SSSR count). The van der Waals surface area contributed by atoms with Crippen LogP contribution in [0.1, 0.15) is 66.4 Å². The van der Waals surface area contributed by atoms with E-state index < -0.39 is 0 Å². The number of carbonyl (C=O) groups is 1. The second kappa shape index (κ2) is 9.07. The summed E-state index contributed by atoms with van der Waals surface area (Å²) < 4.78 is 6.35. The van der Waals surface area contributed by atoms with Crippen molar-refractivity contribution < 1.29 is 9.21 Å². The first-order valence-corrected chi connectivity index (χ1v) is 11.8. The summed E-state index contributed by atoms with van der Waals surface area (Å²) in [5, 5.41) is 6.56. The number of anilines is 2. The molecule has 4 heteroatoms. The number of nitrogens with one attached hydrogen (secondary N) is 2. The summed E-state index contributed by atoms with van der Waals surface area (Å²) in [5.74, 6) is 1.85. The topological polar surface area (TPSA) is 54.3 Å². The van der Waals surface area contributed by atoms with E-state index in [1.807, 2.05) is 30.3 Å². The number of carbonyl (C=O) groups excluding carboxylic acids is 1. The molecule has 0 spiro atoms. The van der Waals surface area contributed by atoms with Gasteiger partial charge in [-0.25, -0.2) is 0 Å². The summed E-state index contributed by atoms with van der Waals surface area (Å²) in [7, 11) is 0. The predicted octanol–water partition coefficient (Wildman–Crippen LogP) is 6.61. The molecule has 0 saturated heterocycles. The van der Waals surface area contributed by atoms with E-state index in [-0.39, 0.29) is 5.91 Å². The molecule has 3 aromatic rings. The van der Waals surface area contributed by atoms with Crippen molar-refractivity contribution in [1.29, 1.82) is 0 Å². The second-order valence-electron chi connectivity index (χ2n) is 8.77. The molecular formula is C28H30N2O2. The highest BCUT2D eigenvalue weighted by Crippen LogP contribution is 2.37. The van der Waals surface area contributed by atoms with Crippen molar-refractivity contribution >= 4 is 28.9 Å². The zero-order chi connectivity index (χ0) is 21.9. The van der Waals surface area contributed by atoms with Crippen LogP contribution in [0.4, 0.5) is 11.4 Å². The third-order valence-electron chi connectivity index (χ3n) is 6.52. The number of furan rings is 1. The molecule has 2 aliphatic rings. The van der Waals surface area contributed by atoms with Gasteiger partial charge in [-0.1, -0.05) is 37.6 Å². The van der Waals surface area contributed by atoms with Crippen LogP contribution < -0.4 is 10.6 Å². The molecule has 4 nitrogen and oxygen atoms in total. The molecule has 32 heavy (non-hydrogen) atoms. The standard InChI is InChI=1S/C28H30N2O2/c1-2-3-9-19-14-15-25-22(16-19)23(28(31)30-25)17-27-24(18-29-20-10-5-4-6-11-20)21-12-7-8-13-26(21)32-27/h4-6,10-11,14-17,29H,2-3,7-9,12-13,18H2,1H3,(H,30,31). The van der Waals surface area contributed by atoms with Gasteiger partial charge in [0.05, 0.1) is 5.57 Å². The van der Waals surface area contributed by atoms with Gasteiger partial charge >= 0.3 is 0 Å². The molecule has 0 bridgehead atoms. The van der Waals surface area contributed by atoms with Crippen LogP contribution in [-0.2, 0) is 30.6 Å². The Bertz CT molecular complexity index is 1160. The Balaban J connectivity index is 1.51. The number of para-hydroxylation sites is 1. The fourth-order valence-corrected chi connectivity index (χ4v) is 4.76. The minimum Gasteiger partial charge on any atom is -0.461 e. The molecule has 164 valence electrons. The van der Waals surface area contributed by atoms with Crippen molar-refractivity contribution in [2.45, 2.75) is 58.4 Å². The third kappa shape index (κ3) is 4.10. The Hall–Kier alpha value is -3.27. The smallest absolute Gasteiger partial charge is 0.256 e. The molecule has 2 N–H and O–H groups in total. The molecule has 0 saturated carbocycles. The van der Waals surface area contributed by atoms with Gasteiger partial charge in [0.25, 0.3) is 5.91 Å². The van der Waals surface area contributed by atoms with E-state index in [1.165, 1.54) is 23.1 Å². The van der Waals surface area contributed by atoms with Gasteiger partial charge in [0.15, 0.2) is 0 Å². The Morgan fingerprint density at radius 2 is 1.94 bits per heavy atom. The maximum absolute atomic E-state index is 12.9. The average molecular weight is 427 g/mol. The molecule has 0 radical (unpaired) electrons. The summed E-state index contributed by atoms with van der Waals surface area (Å²) in [6.45, 7) is 2.89. The van der Waals surface area contributed by atoms with Crippen LogP contribution in [-0.4, -0.2) is 5.91 Å². The van der Waals surface area contributed by atoms with Crippen LogP contribution in [0.15, 0.2) is 52.9 Å². The van der Waals surface area contributed by atoms with Gasteiger partial charge in [-0.05, 0) is 73.6 Å². The SMILES string of the molecule is CCCCc1ccc2c(c1)C(=Cc1oc3c(c1CNc1ccccc1)CCCC3)C(=O)N2. The van der Waals surface area contributed by atoms with E-state index in [1.54, 1.807) is 0 Å². The van der Waals surface area contributed by atoms with Gasteiger partial charge in [0, 0.05) is 35.5 Å². The molecule has 1 aliphatic heterocycles. The predicted molar refractivity (Wildman–Crippen MR) is 131 cm³/mol. The van der Waals surface area contributed by atoms with Crippen LogP contribution in [0.5, 0.6) is 0 Å². The molecule has 0 fully saturated rings. The summed E-state index contributed by atoms with van der Waals surface area (Å²) in [6.07, 6.45) is 9.67. The van der Waals surface area contributed by atoms with Crippen molar-refractivity contribution in [3.8, 4) is 0 Å². The highest BCUT2D eigenvalue weighted by Gasteiger charge is 2.27. The Morgan fingerprint density at radius 3 is 2.78 bits per heavy atom. The zero-order valence-electron chi connectivity index (χ0n) is 18.7. The molecule has 0 atom stereocenters. The van der Waals surface area contributed by atoms with E-state index in [0.717, 1.165) is 67.0 Å². The largest absolute Gasteiger partial charge is 0.461 e. The lowest BCUT2D eigenvalue weighted by molar-refractivity contribution is -0.110. The van der Waals surface area contributed by atoms with Gasteiger partial charge in [0.1, 0.15) is 11.5 Å². The maximum Gasteiger partial charge on any atom is 0.256 e. The van der Waals surface area contributed by atoms with Gasteiger partial charge < -0.3 is 15.1 Å². The third-order valence-corrected chi connectivity index (χ3v) is 6.52. The van der Waals surface area contributed by atoms with Gasteiger partial charge in [-0.15, -0.1) is 0 Å². The molecule has 1 aliphatic carbocycles. The lowest BCUT2D eigenvalue weighted by Crippen LogP contribution is -2.06. The normalized spacial score (nSPS) is 16.0. The second-order valence-corrected chi connectivity index (χ2v) is 8.77. The average Bonchev–Trinajstić information content (AvgIpc) is 3.33. The molecule has 1 aromatic heterocycles. The fraction of sp³-hybridized carbons (Fsp3) is 0.321. The quantitative estimate of drug-likeness (QED) is 0.418. The van der Waals surface area contributed by atoms with E-state index in [9.17, 15) is 4.79 Å². The van der Waals surface area contributed by atoms with Crippen LogP contribution in [0, 0.1) is 0 Å². The van der Waals surface area contributed by atoms with E-state index in [4.69, 9.17) is 4.42 Å². The van der Waals surface area contributed by atoms with E-state index >= 15 is 0 Å². The number of hydrogen-bond acceptors (Lipinski definition) is 3. The number of benzene rings is 2. The first-order valence-electron chi connectivity index (χ1n) is 11.8. The summed E-state index contributed by atoms with van der Waals surface area (Å²) in [6, 6.07) is 16.6.